The lowest BCUT2D eigenvalue weighted by Gasteiger charge is -2.05. The van der Waals surface area contributed by atoms with Gasteiger partial charge in [0, 0.05) is 11.9 Å². The van der Waals surface area contributed by atoms with Gasteiger partial charge in [-0.05, 0) is 42.3 Å². The largest absolute Gasteiger partial charge is 0.321 e. The molecule has 3 nitrogen and oxygen atoms in total. The van der Waals surface area contributed by atoms with Crippen molar-refractivity contribution in [3.05, 3.63) is 59.7 Å². The molecule has 0 aliphatic heterocycles. The van der Waals surface area contributed by atoms with Gasteiger partial charge in [-0.3, -0.25) is 9.78 Å². The molecule has 2 aromatic rings. The number of nitrogens with zero attached hydrogens (tertiary/aromatic N) is 1. The molecule has 1 aromatic carbocycles. The SMILES string of the molecule is CCCc1ccc(C(=O)Nc2ccc(F)cc2)nc1. The Hall–Kier alpha value is -2.23. The predicted molar refractivity (Wildman–Crippen MR) is 72.6 cm³/mol. The molecule has 1 N–H and O–H groups in total. The molecule has 1 heterocycles. The van der Waals surface area contributed by atoms with Gasteiger partial charge in [0.15, 0.2) is 0 Å². The number of carbonyl (C=O) groups excluding carboxylic acids is 1. The van der Waals surface area contributed by atoms with Crippen LogP contribution in [0.5, 0.6) is 0 Å². The molecule has 0 fully saturated rings. The van der Waals surface area contributed by atoms with Crippen LogP contribution < -0.4 is 5.32 Å². The molecule has 0 saturated carbocycles. The van der Waals surface area contributed by atoms with Crippen molar-refractivity contribution in [1.29, 1.82) is 0 Å². The molecule has 0 unspecified atom stereocenters. The zero-order chi connectivity index (χ0) is 13.7. The van der Waals surface area contributed by atoms with Crippen LogP contribution in [0.1, 0.15) is 29.4 Å². The maximum atomic E-state index is 12.7. The van der Waals surface area contributed by atoms with E-state index in [0.717, 1.165) is 18.4 Å². The lowest BCUT2D eigenvalue weighted by atomic mass is 10.1. The van der Waals surface area contributed by atoms with Crippen LogP contribution in [0.4, 0.5) is 10.1 Å². The molecular formula is C15H15FN2O. The van der Waals surface area contributed by atoms with E-state index in [2.05, 4.69) is 17.2 Å². The summed E-state index contributed by atoms with van der Waals surface area (Å²) in [5.41, 5.74) is 2.01. The van der Waals surface area contributed by atoms with Gasteiger partial charge in [0.2, 0.25) is 0 Å². The molecule has 0 radical (unpaired) electrons. The van der Waals surface area contributed by atoms with Gasteiger partial charge in [-0.15, -0.1) is 0 Å². The summed E-state index contributed by atoms with van der Waals surface area (Å²) in [7, 11) is 0. The maximum absolute atomic E-state index is 12.7. The van der Waals surface area contributed by atoms with Gasteiger partial charge in [-0.1, -0.05) is 19.4 Å². The molecule has 1 amide bonds. The second-order valence-corrected chi connectivity index (χ2v) is 4.26. The highest BCUT2D eigenvalue weighted by Gasteiger charge is 2.07. The Morgan fingerprint density at radius 2 is 1.95 bits per heavy atom. The first-order valence-corrected chi connectivity index (χ1v) is 6.21. The summed E-state index contributed by atoms with van der Waals surface area (Å²) in [5, 5.41) is 2.67. The van der Waals surface area contributed by atoms with E-state index in [1.807, 2.05) is 6.07 Å². The minimum absolute atomic E-state index is 0.297. The van der Waals surface area contributed by atoms with Gasteiger partial charge in [0.25, 0.3) is 5.91 Å². The number of hydrogen-bond donors (Lipinski definition) is 1. The average molecular weight is 258 g/mol. The number of halogens is 1. The van der Waals surface area contributed by atoms with Gasteiger partial charge in [-0.2, -0.15) is 0 Å². The fourth-order valence-corrected chi connectivity index (χ4v) is 1.72. The predicted octanol–water partition coefficient (Wildman–Crippen LogP) is 3.43. The van der Waals surface area contributed by atoms with Crippen LogP contribution in [0.25, 0.3) is 0 Å². The van der Waals surface area contributed by atoms with Crippen molar-refractivity contribution in [3.8, 4) is 0 Å². The molecule has 0 spiro atoms. The van der Waals surface area contributed by atoms with Crippen LogP contribution in [-0.2, 0) is 6.42 Å². The number of aromatic nitrogens is 1. The van der Waals surface area contributed by atoms with Crippen molar-refractivity contribution in [3.63, 3.8) is 0 Å². The number of rotatable bonds is 4. The Kier molecular flexibility index (Phi) is 4.23. The number of carbonyl (C=O) groups is 1. The van der Waals surface area contributed by atoms with E-state index in [0.29, 0.717) is 11.4 Å². The van der Waals surface area contributed by atoms with E-state index >= 15 is 0 Å². The van der Waals surface area contributed by atoms with Crippen LogP contribution in [0.2, 0.25) is 0 Å². The third kappa shape index (κ3) is 3.61. The topological polar surface area (TPSA) is 42.0 Å². The summed E-state index contributed by atoms with van der Waals surface area (Å²) < 4.78 is 12.7. The highest BCUT2D eigenvalue weighted by atomic mass is 19.1. The first-order valence-electron chi connectivity index (χ1n) is 6.21. The third-order valence-corrected chi connectivity index (χ3v) is 2.70. The van der Waals surface area contributed by atoms with Crippen molar-refractivity contribution in [2.75, 3.05) is 5.32 Å². The monoisotopic (exact) mass is 258 g/mol. The molecule has 0 saturated heterocycles. The Morgan fingerprint density at radius 1 is 1.21 bits per heavy atom. The van der Waals surface area contributed by atoms with Gasteiger partial charge in [0.05, 0.1) is 0 Å². The zero-order valence-electron chi connectivity index (χ0n) is 10.7. The van der Waals surface area contributed by atoms with Crippen molar-refractivity contribution < 1.29 is 9.18 Å². The molecule has 0 bridgehead atoms. The summed E-state index contributed by atoms with van der Waals surface area (Å²) in [4.78, 5) is 16.0. The minimum atomic E-state index is -0.333. The van der Waals surface area contributed by atoms with Crippen LogP contribution in [0, 0.1) is 5.82 Å². The molecular weight excluding hydrogens is 243 g/mol. The summed E-state index contributed by atoms with van der Waals surface area (Å²) in [6, 6.07) is 9.22. The van der Waals surface area contributed by atoms with E-state index in [9.17, 15) is 9.18 Å². The van der Waals surface area contributed by atoms with E-state index < -0.39 is 0 Å². The Bertz CT molecular complexity index is 549. The summed E-state index contributed by atoms with van der Waals surface area (Å²) in [6.45, 7) is 2.09. The van der Waals surface area contributed by atoms with Crippen LogP contribution in [0.3, 0.4) is 0 Å². The second kappa shape index (κ2) is 6.09. The maximum Gasteiger partial charge on any atom is 0.274 e. The van der Waals surface area contributed by atoms with Gasteiger partial charge >= 0.3 is 0 Å². The Labute approximate surface area is 111 Å². The minimum Gasteiger partial charge on any atom is -0.321 e. The van der Waals surface area contributed by atoms with Gasteiger partial charge < -0.3 is 5.32 Å². The normalized spacial score (nSPS) is 10.2. The fraction of sp³-hybridized carbons (Fsp3) is 0.200. The number of aryl methyl sites for hydroxylation is 1. The molecule has 19 heavy (non-hydrogen) atoms. The second-order valence-electron chi connectivity index (χ2n) is 4.26. The Morgan fingerprint density at radius 3 is 2.53 bits per heavy atom. The first-order chi connectivity index (χ1) is 9.19. The molecule has 1 aromatic heterocycles. The van der Waals surface area contributed by atoms with E-state index in [-0.39, 0.29) is 11.7 Å². The smallest absolute Gasteiger partial charge is 0.274 e. The fourth-order valence-electron chi connectivity index (χ4n) is 1.72. The highest BCUT2D eigenvalue weighted by Crippen LogP contribution is 2.10. The van der Waals surface area contributed by atoms with Crippen molar-refractivity contribution >= 4 is 11.6 Å². The number of anilines is 1. The van der Waals surface area contributed by atoms with Gasteiger partial charge in [-0.25, -0.2) is 4.39 Å². The molecule has 0 aliphatic rings. The molecule has 98 valence electrons. The molecule has 4 heteroatoms. The number of nitrogens with one attached hydrogen (secondary N) is 1. The molecule has 0 aliphatic carbocycles. The number of hydrogen-bond acceptors (Lipinski definition) is 2. The van der Waals surface area contributed by atoms with Crippen molar-refractivity contribution in [2.45, 2.75) is 19.8 Å². The standard InChI is InChI=1S/C15H15FN2O/c1-2-3-11-4-9-14(17-10-11)15(19)18-13-7-5-12(16)6-8-13/h4-10H,2-3H2,1H3,(H,18,19). The number of benzene rings is 1. The quantitative estimate of drug-likeness (QED) is 0.913. The zero-order valence-corrected chi connectivity index (χ0v) is 10.7. The van der Waals surface area contributed by atoms with E-state index in [1.54, 1.807) is 12.3 Å². The number of pyridine rings is 1. The van der Waals surface area contributed by atoms with Crippen LogP contribution in [-0.4, -0.2) is 10.9 Å². The lowest BCUT2D eigenvalue weighted by molar-refractivity contribution is 0.102. The first kappa shape index (κ1) is 13.2. The van der Waals surface area contributed by atoms with E-state index in [1.165, 1.54) is 24.3 Å². The van der Waals surface area contributed by atoms with Crippen molar-refractivity contribution in [2.24, 2.45) is 0 Å². The highest BCUT2D eigenvalue weighted by molar-refractivity contribution is 6.02. The number of amides is 1. The summed E-state index contributed by atoms with van der Waals surface area (Å²) in [6.07, 6.45) is 3.71. The van der Waals surface area contributed by atoms with Gasteiger partial charge in [0.1, 0.15) is 11.5 Å². The molecule has 2 rings (SSSR count). The Balaban J connectivity index is 2.05. The summed E-state index contributed by atoms with van der Waals surface area (Å²) >= 11 is 0. The van der Waals surface area contributed by atoms with E-state index in [4.69, 9.17) is 0 Å². The van der Waals surface area contributed by atoms with Crippen LogP contribution >= 0.6 is 0 Å². The van der Waals surface area contributed by atoms with Crippen molar-refractivity contribution in [1.82, 2.24) is 4.98 Å². The lowest BCUT2D eigenvalue weighted by Crippen LogP contribution is -2.13. The average Bonchev–Trinajstić information content (AvgIpc) is 2.42. The third-order valence-electron chi connectivity index (χ3n) is 2.70. The molecule has 0 atom stereocenters. The van der Waals surface area contributed by atoms with Crippen LogP contribution in [0.15, 0.2) is 42.6 Å². The summed E-state index contributed by atoms with van der Waals surface area (Å²) in [5.74, 6) is -0.630.